The SMILES string of the molecule is Cn1cnc(C(=O)N2C3CCC2CC(N)C3)c1. The second kappa shape index (κ2) is 3.84. The summed E-state index contributed by atoms with van der Waals surface area (Å²) in [5.41, 5.74) is 6.56. The van der Waals surface area contributed by atoms with E-state index in [-0.39, 0.29) is 11.9 Å². The van der Waals surface area contributed by atoms with Crippen molar-refractivity contribution in [2.75, 3.05) is 0 Å². The first-order chi connectivity index (χ1) is 8.15. The van der Waals surface area contributed by atoms with Crippen molar-refractivity contribution in [1.82, 2.24) is 14.5 Å². The van der Waals surface area contributed by atoms with Crippen LogP contribution in [0.1, 0.15) is 36.2 Å². The Hall–Kier alpha value is -1.36. The van der Waals surface area contributed by atoms with Gasteiger partial charge in [-0.25, -0.2) is 4.98 Å². The van der Waals surface area contributed by atoms with Crippen LogP contribution in [0.5, 0.6) is 0 Å². The van der Waals surface area contributed by atoms with Crippen LogP contribution in [-0.4, -0.2) is 38.5 Å². The number of hydrogen-bond acceptors (Lipinski definition) is 3. The molecular formula is C12H18N4O. The van der Waals surface area contributed by atoms with Gasteiger partial charge in [-0.15, -0.1) is 0 Å². The fraction of sp³-hybridized carbons (Fsp3) is 0.667. The number of hydrogen-bond donors (Lipinski definition) is 1. The van der Waals surface area contributed by atoms with E-state index in [0.29, 0.717) is 17.8 Å². The van der Waals surface area contributed by atoms with Gasteiger partial charge in [0.25, 0.3) is 5.91 Å². The predicted octanol–water partition coefficient (Wildman–Crippen LogP) is 0.514. The smallest absolute Gasteiger partial charge is 0.274 e. The second-order valence-corrected chi connectivity index (χ2v) is 5.25. The Morgan fingerprint density at radius 2 is 2.06 bits per heavy atom. The molecule has 0 aliphatic carbocycles. The summed E-state index contributed by atoms with van der Waals surface area (Å²) in [5, 5.41) is 0. The summed E-state index contributed by atoms with van der Waals surface area (Å²) >= 11 is 0. The van der Waals surface area contributed by atoms with Crippen molar-refractivity contribution in [2.45, 2.75) is 43.8 Å². The summed E-state index contributed by atoms with van der Waals surface area (Å²) in [6.07, 6.45) is 7.53. The van der Waals surface area contributed by atoms with Gasteiger partial charge in [0.1, 0.15) is 5.69 Å². The zero-order valence-corrected chi connectivity index (χ0v) is 10.0. The molecule has 0 radical (unpaired) electrons. The Kier molecular flexibility index (Phi) is 2.43. The third kappa shape index (κ3) is 1.74. The van der Waals surface area contributed by atoms with Gasteiger partial charge >= 0.3 is 0 Å². The predicted molar refractivity (Wildman–Crippen MR) is 63.4 cm³/mol. The van der Waals surface area contributed by atoms with Crippen LogP contribution in [0, 0.1) is 0 Å². The summed E-state index contributed by atoms with van der Waals surface area (Å²) in [6, 6.07) is 0.928. The molecule has 2 unspecified atom stereocenters. The molecule has 2 saturated heterocycles. The van der Waals surface area contributed by atoms with E-state index in [4.69, 9.17) is 5.73 Å². The number of carbonyl (C=O) groups excluding carboxylic acids is 1. The van der Waals surface area contributed by atoms with E-state index in [1.165, 1.54) is 0 Å². The molecule has 92 valence electrons. The van der Waals surface area contributed by atoms with E-state index in [0.717, 1.165) is 25.7 Å². The number of nitrogens with zero attached hydrogens (tertiary/aromatic N) is 3. The highest BCUT2D eigenvalue weighted by Crippen LogP contribution is 2.35. The number of amides is 1. The van der Waals surface area contributed by atoms with Crippen molar-refractivity contribution in [3.05, 3.63) is 18.2 Å². The minimum absolute atomic E-state index is 0.0741. The molecule has 3 rings (SSSR count). The molecule has 17 heavy (non-hydrogen) atoms. The van der Waals surface area contributed by atoms with Gasteiger partial charge in [0.15, 0.2) is 0 Å². The van der Waals surface area contributed by atoms with Crippen LogP contribution < -0.4 is 5.73 Å². The lowest BCUT2D eigenvalue weighted by atomic mass is 9.98. The standard InChI is InChI=1S/C12H18N4O/c1-15-6-11(14-7-15)12(17)16-9-2-3-10(16)5-8(13)4-9/h6-10H,2-5,13H2,1H3. The fourth-order valence-electron chi connectivity index (χ4n) is 3.21. The van der Waals surface area contributed by atoms with Crippen LogP contribution in [0.15, 0.2) is 12.5 Å². The molecule has 0 spiro atoms. The fourth-order valence-corrected chi connectivity index (χ4v) is 3.21. The first-order valence-electron chi connectivity index (χ1n) is 6.21. The van der Waals surface area contributed by atoms with Crippen molar-refractivity contribution in [2.24, 2.45) is 12.8 Å². The number of piperidine rings is 1. The lowest BCUT2D eigenvalue weighted by Gasteiger charge is -2.37. The first-order valence-corrected chi connectivity index (χ1v) is 6.21. The number of aryl methyl sites for hydroxylation is 1. The third-order valence-electron chi connectivity index (χ3n) is 3.93. The maximum Gasteiger partial charge on any atom is 0.274 e. The molecule has 2 atom stereocenters. The van der Waals surface area contributed by atoms with Gasteiger partial charge in [-0.1, -0.05) is 0 Å². The quantitative estimate of drug-likeness (QED) is 0.770. The zero-order valence-electron chi connectivity index (χ0n) is 10.0. The Morgan fingerprint density at radius 1 is 1.41 bits per heavy atom. The zero-order chi connectivity index (χ0) is 12.0. The monoisotopic (exact) mass is 234 g/mol. The highest BCUT2D eigenvalue weighted by Gasteiger charge is 2.42. The van der Waals surface area contributed by atoms with Crippen molar-refractivity contribution in [3.63, 3.8) is 0 Å². The average Bonchev–Trinajstić information content (AvgIpc) is 2.81. The van der Waals surface area contributed by atoms with Gasteiger partial charge in [-0.2, -0.15) is 0 Å². The summed E-state index contributed by atoms with van der Waals surface area (Å²) in [6.45, 7) is 0. The number of nitrogens with two attached hydrogens (primary N) is 1. The summed E-state index contributed by atoms with van der Waals surface area (Å²) < 4.78 is 1.81. The van der Waals surface area contributed by atoms with E-state index in [2.05, 4.69) is 4.98 Å². The molecule has 2 N–H and O–H groups in total. The topological polar surface area (TPSA) is 64.2 Å². The Labute approximate surface area is 101 Å². The first kappa shape index (κ1) is 10.8. The van der Waals surface area contributed by atoms with E-state index in [1.807, 2.05) is 16.5 Å². The van der Waals surface area contributed by atoms with Crippen LogP contribution in [-0.2, 0) is 7.05 Å². The molecule has 5 heteroatoms. The van der Waals surface area contributed by atoms with Crippen molar-refractivity contribution in [1.29, 1.82) is 0 Å². The number of fused-ring (bicyclic) bond motifs is 2. The molecule has 2 aliphatic heterocycles. The summed E-state index contributed by atoms with van der Waals surface area (Å²) in [7, 11) is 1.88. The highest BCUT2D eigenvalue weighted by atomic mass is 16.2. The molecule has 2 aliphatic rings. The maximum absolute atomic E-state index is 12.4. The van der Waals surface area contributed by atoms with Crippen molar-refractivity contribution >= 4 is 5.91 Å². The molecule has 0 saturated carbocycles. The normalized spacial score (nSPS) is 31.9. The van der Waals surface area contributed by atoms with E-state index >= 15 is 0 Å². The van der Waals surface area contributed by atoms with Crippen molar-refractivity contribution in [3.8, 4) is 0 Å². The minimum atomic E-state index is 0.0741. The molecule has 5 nitrogen and oxygen atoms in total. The lowest BCUT2D eigenvalue weighted by molar-refractivity contribution is 0.0569. The van der Waals surface area contributed by atoms with Gasteiger partial charge in [0.05, 0.1) is 6.33 Å². The molecule has 2 fully saturated rings. The van der Waals surface area contributed by atoms with Crippen LogP contribution in [0.4, 0.5) is 0 Å². The van der Waals surface area contributed by atoms with Crippen LogP contribution >= 0.6 is 0 Å². The van der Waals surface area contributed by atoms with Crippen LogP contribution in [0.2, 0.25) is 0 Å². The highest BCUT2D eigenvalue weighted by molar-refractivity contribution is 5.92. The number of imidazole rings is 1. The van der Waals surface area contributed by atoms with Crippen molar-refractivity contribution < 1.29 is 4.79 Å². The number of aromatic nitrogens is 2. The maximum atomic E-state index is 12.4. The number of rotatable bonds is 1. The lowest BCUT2D eigenvalue weighted by Crippen LogP contribution is -2.50. The van der Waals surface area contributed by atoms with Gasteiger partial charge in [-0.3, -0.25) is 4.79 Å². The van der Waals surface area contributed by atoms with Crippen LogP contribution in [0.25, 0.3) is 0 Å². The van der Waals surface area contributed by atoms with Crippen LogP contribution in [0.3, 0.4) is 0 Å². The van der Waals surface area contributed by atoms with Gasteiger partial charge in [-0.05, 0) is 25.7 Å². The van der Waals surface area contributed by atoms with Gasteiger partial charge in [0.2, 0.25) is 0 Å². The third-order valence-corrected chi connectivity index (χ3v) is 3.93. The Balaban J connectivity index is 1.83. The second-order valence-electron chi connectivity index (χ2n) is 5.25. The molecule has 2 bridgehead atoms. The largest absolute Gasteiger partial charge is 0.340 e. The van der Waals surface area contributed by atoms with Gasteiger partial charge in [0, 0.05) is 31.4 Å². The van der Waals surface area contributed by atoms with E-state index in [9.17, 15) is 4.79 Å². The summed E-state index contributed by atoms with van der Waals surface area (Å²) in [5.74, 6) is 0.0741. The average molecular weight is 234 g/mol. The Bertz CT molecular complexity index is 427. The minimum Gasteiger partial charge on any atom is -0.340 e. The molecule has 1 amide bonds. The molecule has 0 aromatic carbocycles. The molecule has 3 heterocycles. The van der Waals surface area contributed by atoms with Gasteiger partial charge < -0.3 is 15.2 Å². The molecule has 1 aromatic heterocycles. The molecule has 1 aromatic rings. The van der Waals surface area contributed by atoms with E-state index in [1.54, 1.807) is 12.5 Å². The summed E-state index contributed by atoms with van der Waals surface area (Å²) in [4.78, 5) is 18.6. The Morgan fingerprint density at radius 3 is 2.59 bits per heavy atom. The van der Waals surface area contributed by atoms with E-state index < -0.39 is 0 Å². The molecular weight excluding hydrogens is 216 g/mol. The number of carbonyl (C=O) groups is 1.